The van der Waals surface area contributed by atoms with Crippen molar-refractivity contribution >= 4 is 11.8 Å². The number of anilines is 1. The molecule has 2 atom stereocenters. The molecule has 1 aliphatic rings. The maximum absolute atomic E-state index is 11.2. The van der Waals surface area contributed by atoms with Gasteiger partial charge < -0.3 is 9.64 Å². The average molecular weight is 235 g/mol. The minimum Gasteiger partial charge on any atom is -0.464 e. The molecule has 1 aromatic rings. The highest BCUT2D eigenvalue weighted by Crippen LogP contribution is 2.38. The quantitative estimate of drug-likeness (QED) is 0.737. The Bertz CT molecular complexity index is 405. The molecule has 1 heterocycles. The Morgan fingerprint density at radius 3 is 2.71 bits per heavy atom. The van der Waals surface area contributed by atoms with Crippen LogP contribution in [0.2, 0.25) is 0 Å². The fraction of sp³-hybridized carbons (Fsp3) is 0.583. The van der Waals surface area contributed by atoms with Crippen LogP contribution in [0.1, 0.15) is 23.8 Å². The Labute approximate surface area is 101 Å². The Morgan fingerprint density at radius 2 is 2.24 bits per heavy atom. The van der Waals surface area contributed by atoms with Crippen molar-refractivity contribution in [3.8, 4) is 0 Å². The fourth-order valence-corrected chi connectivity index (χ4v) is 1.83. The van der Waals surface area contributed by atoms with Crippen molar-refractivity contribution in [3.63, 3.8) is 0 Å². The van der Waals surface area contributed by atoms with Crippen LogP contribution in [0.25, 0.3) is 0 Å². The van der Waals surface area contributed by atoms with Gasteiger partial charge in [-0.25, -0.2) is 14.8 Å². The zero-order chi connectivity index (χ0) is 12.4. The lowest BCUT2D eigenvalue weighted by Crippen LogP contribution is -2.22. The molecule has 0 aromatic carbocycles. The fourth-order valence-electron chi connectivity index (χ4n) is 1.83. The largest absolute Gasteiger partial charge is 0.464 e. The van der Waals surface area contributed by atoms with Crippen molar-refractivity contribution in [1.82, 2.24) is 9.97 Å². The molecule has 17 heavy (non-hydrogen) atoms. The molecule has 5 nitrogen and oxygen atoms in total. The Hall–Kier alpha value is -1.65. The van der Waals surface area contributed by atoms with Crippen molar-refractivity contribution in [2.45, 2.75) is 13.3 Å². The summed E-state index contributed by atoms with van der Waals surface area (Å²) in [6.07, 6.45) is 4.35. The molecule has 0 amide bonds. The van der Waals surface area contributed by atoms with Crippen molar-refractivity contribution in [3.05, 3.63) is 18.1 Å². The molecule has 1 aromatic heterocycles. The van der Waals surface area contributed by atoms with Crippen LogP contribution in [0, 0.1) is 11.8 Å². The maximum atomic E-state index is 11.2. The lowest BCUT2D eigenvalue weighted by molar-refractivity contribution is 0.0593. The third kappa shape index (κ3) is 2.72. The van der Waals surface area contributed by atoms with Gasteiger partial charge in [0.1, 0.15) is 5.82 Å². The molecule has 1 saturated carbocycles. The van der Waals surface area contributed by atoms with E-state index in [0.29, 0.717) is 0 Å². The number of hydrogen-bond donors (Lipinski definition) is 0. The standard InChI is InChI=1S/C12H17N3O2/c1-8-4-9(8)7-15(2)11-6-13-10(5-14-11)12(16)17-3/h5-6,8-9H,4,7H2,1-3H3. The van der Waals surface area contributed by atoms with Crippen molar-refractivity contribution < 1.29 is 9.53 Å². The summed E-state index contributed by atoms with van der Waals surface area (Å²) >= 11 is 0. The lowest BCUT2D eigenvalue weighted by atomic mass is 10.3. The molecule has 1 fully saturated rings. The van der Waals surface area contributed by atoms with Crippen molar-refractivity contribution in [2.24, 2.45) is 11.8 Å². The first-order valence-corrected chi connectivity index (χ1v) is 5.73. The summed E-state index contributed by atoms with van der Waals surface area (Å²) in [5.74, 6) is 1.92. The Balaban J connectivity index is 1.99. The lowest BCUT2D eigenvalue weighted by Gasteiger charge is -2.17. The molecule has 5 heteroatoms. The minimum absolute atomic E-state index is 0.240. The van der Waals surface area contributed by atoms with E-state index < -0.39 is 5.97 Å². The van der Waals surface area contributed by atoms with Crippen molar-refractivity contribution in [1.29, 1.82) is 0 Å². The highest BCUT2D eigenvalue weighted by Gasteiger charge is 2.33. The molecule has 1 aliphatic carbocycles. The van der Waals surface area contributed by atoms with Crippen LogP contribution < -0.4 is 4.90 Å². The first kappa shape index (κ1) is 11.8. The molecule has 0 spiro atoms. The van der Waals surface area contributed by atoms with E-state index in [1.165, 1.54) is 19.7 Å². The second kappa shape index (κ2) is 4.69. The summed E-state index contributed by atoms with van der Waals surface area (Å²) in [4.78, 5) is 21.5. The second-order valence-electron chi connectivity index (χ2n) is 4.61. The van der Waals surface area contributed by atoms with Crippen LogP contribution in [0.4, 0.5) is 5.82 Å². The third-order valence-corrected chi connectivity index (χ3v) is 3.21. The summed E-state index contributed by atoms with van der Waals surface area (Å²) in [7, 11) is 3.32. The van der Waals surface area contributed by atoms with E-state index in [9.17, 15) is 4.79 Å². The first-order valence-electron chi connectivity index (χ1n) is 5.73. The normalized spacial score (nSPS) is 22.1. The SMILES string of the molecule is COC(=O)c1cnc(N(C)CC2CC2C)cn1. The number of carbonyl (C=O) groups is 1. The molecular formula is C12H17N3O2. The number of nitrogens with zero attached hydrogens (tertiary/aromatic N) is 3. The summed E-state index contributed by atoms with van der Waals surface area (Å²) in [5.41, 5.74) is 0.240. The van der Waals surface area contributed by atoms with E-state index in [1.54, 1.807) is 6.20 Å². The summed E-state index contributed by atoms with van der Waals surface area (Å²) in [6.45, 7) is 3.25. The second-order valence-corrected chi connectivity index (χ2v) is 4.61. The van der Waals surface area contributed by atoms with Gasteiger partial charge in [-0.15, -0.1) is 0 Å². The molecule has 0 radical (unpaired) electrons. The van der Waals surface area contributed by atoms with E-state index in [2.05, 4.69) is 26.5 Å². The molecule has 2 unspecified atom stereocenters. The summed E-state index contributed by atoms with van der Waals surface area (Å²) in [6, 6.07) is 0. The van der Waals surface area contributed by atoms with Crippen LogP contribution in [0.5, 0.6) is 0 Å². The molecule has 2 rings (SSSR count). The van der Waals surface area contributed by atoms with Crippen molar-refractivity contribution in [2.75, 3.05) is 25.6 Å². The third-order valence-electron chi connectivity index (χ3n) is 3.21. The smallest absolute Gasteiger partial charge is 0.358 e. The number of esters is 1. The molecular weight excluding hydrogens is 218 g/mol. The van der Waals surface area contributed by atoms with E-state index in [0.717, 1.165) is 24.2 Å². The molecule has 0 saturated heterocycles. The zero-order valence-electron chi connectivity index (χ0n) is 10.4. The van der Waals surface area contributed by atoms with Gasteiger partial charge in [-0.2, -0.15) is 0 Å². The van der Waals surface area contributed by atoms with E-state index in [1.807, 2.05) is 7.05 Å². The number of methoxy groups -OCH3 is 1. The molecule has 0 N–H and O–H groups in total. The van der Waals surface area contributed by atoms with Gasteiger partial charge in [0, 0.05) is 13.6 Å². The Morgan fingerprint density at radius 1 is 1.53 bits per heavy atom. The summed E-state index contributed by atoms with van der Waals surface area (Å²) in [5, 5.41) is 0. The van der Waals surface area contributed by atoms with E-state index in [-0.39, 0.29) is 5.69 Å². The van der Waals surface area contributed by atoms with E-state index >= 15 is 0 Å². The molecule has 92 valence electrons. The van der Waals surface area contributed by atoms with Crippen LogP contribution in [-0.4, -0.2) is 36.6 Å². The zero-order valence-corrected chi connectivity index (χ0v) is 10.4. The number of aromatic nitrogens is 2. The monoisotopic (exact) mass is 235 g/mol. The molecule has 0 bridgehead atoms. The molecule has 0 aliphatic heterocycles. The van der Waals surface area contributed by atoms with Crippen LogP contribution in [0.15, 0.2) is 12.4 Å². The van der Waals surface area contributed by atoms with Crippen LogP contribution >= 0.6 is 0 Å². The van der Waals surface area contributed by atoms with Gasteiger partial charge in [-0.1, -0.05) is 6.92 Å². The predicted octanol–water partition coefficient (Wildman–Crippen LogP) is 1.36. The van der Waals surface area contributed by atoms with Gasteiger partial charge in [0.25, 0.3) is 0 Å². The Kier molecular flexibility index (Phi) is 3.26. The van der Waals surface area contributed by atoms with Gasteiger partial charge in [0.2, 0.25) is 0 Å². The van der Waals surface area contributed by atoms with Gasteiger partial charge in [0.15, 0.2) is 5.69 Å². The highest BCUT2D eigenvalue weighted by molar-refractivity contribution is 5.86. The first-order chi connectivity index (χ1) is 8.11. The van der Waals surface area contributed by atoms with Gasteiger partial charge in [0.05, 0.1) is 19.5 Å². The number of rotatable bonds is 4. The summed E-state index contributed by atoms with van der Waals surface area (Å²) < 4.78 is 4.57. The highest BCUT2D eigenvalue weighted by atomic mass is 16.5. The predicted molar refractivity (Wildman–Crippen MR) is 63.9 cm³/mol. The van der Waals surface area contributed by atoms with Gasteiger partial charge >= 0.3 is 5.97 Å². The number of ether oxygens (including phenoxy) is 1. The van der Waals surface area contributed by atoms with Crippen LogP contribution in [0.3, 0.4) is 0 Å². The van der Waals surface area contributed by atoms with E-state index in [4.69, 9.17) is 0 Å². The average Bonchev–Trinajstić information content (AvgIpc) is 3.04. The topological polar surface area (TPSA) is 55.3 Å². The maximum Gasteiger partial charge on any atom is 0.358 e. The number of hydrogen-bond acceptors (Lipinski definition) is 5. The number of carbonyl (C=O) groups excluding carboxylic acids is 1. The van der Waals surface area contributed by atoms with Gasteiger partial charge in [-0.05, 0) is 18.3 Å². The van der Waals surface area contributed by atoms with Gasteiger partial charge in [-0.3, -0.25) is 0 Å². The van der Waals surface area contributed by atoms with Crippen LogP contribution in [-0.2, 0) is 4.74 Å². The minimum atomic E-state index is -0.456.